The molecule has 1 spiro atoms. The molecule has 0 N–H and O–H groups in total. The molecule has 2 heterocycles. The minimum absolute atomic E-state index is 0.0614. The van der Waals surface area contributed by atoms with Gasteiger partial charge in [-0.15, -0.1) is 0 Å². The van der Waals surface area contributed by atoms with Gasteiger partial charge in [-0.05, 0) is 60.1 Å². The summed E-state index contributed by atoms with van der Waals surface area (Å²) in [5.41, 5.74) is 3.13. The van der Waals surface area contributed by atoms with Crippen LogP contribution in [0.3, 0.4) is 0 Å². The first kappa shape index (κ1) is 19.9. The van der Waals surface area contributed by atoms with Crippen LogP contribution in [0, 0.1) is 11.3 Å². The fraction of sp³-hybridized carbons (Fsp3) is 0.727. The minimum Gasteiger partial charge on any atom is -0.302 e. The molecule has 1 aromatic carbocycles. The second kappa shape index (κ2) is 7.27. The second-order valence-electron chi connectivity index (χ2n) is 9.57. The number of hydrogen-bond acceptors (Lipinski definition) is 3. The van der Waals surface area contributed by atoms with Crippen molar-refractivity contribution in [1.82, 2.24) is 4.90 Å². The zero-order valence-electron chi connectivity index (χ0n) is 16.9. The first-order valence-electron chi connectivity index (χ1n) is 10.2. The van der Waals surface area contributed by atoms with Gasteiger partial charge in [-0.2, -0.15) is 0 Å². The summed E-state index contributed by atoms with van der Waals surface area (Å²) in [6, 6.07) is 9.16. The number of sulfone groups is 1. The molecule has 0 radical (unpaired) electrons. The summed E-state index contributed by atoms with van der Waals surface area (Å²) < 4.78 is 23.7. The minimum atomic E-state index is -2.78. The van der Waals surface area contributed by atoms with E-state index < -0.39 is 9.84 Å². The maximum absolute atomic E-state index is 11.9. The SMILES string of the molecule is CCC(C)(C)c1ccc(CC(C)CN2CC[C@]3(CCS(=O)(=O)C3)C2)cc1. The number of nitrogens with zero attached hydrogens (tertiary/aromatic N) is 1. The predicted molar refractivity (Wildman–Crippen MR) is 109 cm³/mol. The molecule has 2 fully saturated rings. The molecule has 1 unspecified atom stereocenters. The molecule has 2 saturated heterocycles. The summed E-state index contributed by atoms with van der Waals surface area (Å²) in [5, 5.41) is 0. The van der Waals surface area contributed by atoms with Crippen LogP contribution in [0.5, 0.6) is 0 Å². The van der Waals surface area contributed by atoms with Crippen molar-refractivity contribution in [1.29, 1.82) is 0 Å². The Morgan fingerprint density at radius 3 is 2.46 bits per heavy atom. The molecule has 146 valence electrons. The van der Waals surface area contributed by atoms with Crippen molar-refractivity contribution in [3.63, 3.8) is 0 Å². The van der Waals surface area contributed by atoms with E-state index in [1.165, 1.54) is 11.1 Å². The third-order valence-corrected chi connectivity index (χ3v) is 8.64. The molecule has 3 rings (SSSR count). The second-order valence-corrected chi connectivity index (χ2v) is 11.8. The van der Waals surface area contributed by atoms with Crippen LogP contribution in [-0.2, 0) is 21.7 Å². The Balaban J connectivity index is 1.53. The fourth-order valence-corrected chi connectivity index (χ4v) is 6.89. The molecule has 0 aromatic heterocycles. The highest BCUT2D eigenvalue weighted by atomic mass is 32.2. The summed E-state index contributed by atoms with van der Waals surface area (Å²) in [5.74, 6) is 1.41. The van der Waals surface area contributed by atoms with Crippen molar-refractivity contribution in [2.75, 3.05) is 31.1 Å². The highest BCUT2D eigenvalue weighted by molar-refractivity contribution is 7.91. The Hall–Kier alpha value is -0.870. The van der Waals surface area contributed by atoms with E-state index in [0.717, 1.165) is 45.3 Å². The van der Waals surface area contributed by atoms with E-state index in [1.54, 1.807) is 0 Å². The highest BCUT2D eigenvalue weighted by Gasteiger charge is 2.46. The predicted octanol–water partition coefficient (Wildman–Crippen LogP) is 4.06. The normalized spacial score (nSPS) is 27.2. The van der Waals surface area contributed by atoms with E-state index in [4.69, 9.17) is 0 Å². The summed E-state index contributed by atoms with van der Waals surface area (Å²) in [4.78, 5) is 2.50. The van der Waals surface area contributed by atoms with E-state index in [-0.39, 0.29) is 10.8 Å². The average molecular weight is 378 g/mol. The van der Waals surface area contributed by atoms with Crippen LogP contribution in [0.15, 0.2) is 24.3 Å². The molecule has 26 heavy (non-hydrogen) atoms. The molecule has 4 heteroatoms. The topological polar surface area (TPSA) is 37.4 Å². The van der Waals surface area contributed by atoms with Crippen LogP contribution in [0.4, 0.5) is 0 Å². The van der Waals surface area contributed by atoms with Gasteiger partial charge in [-0.3, -0.25) is 0 Å². The van der Waals surface area contributed by atoms with Crippen LogP contribution in [-0.4, -0.2) is 44.5 Å². The average Bonchev–Trinajstić information content (AvgIpc) is 3.10. The van der Waals surface area contributed by atoms with Crippen LogP contribution < -0.4 is 0 Å². The smallest absolute Gasteiger partial charge is 0.150 e. The lowest BCUT2D eigenvalue weighted by Crippen LogP contribution is -2.31. The third-order valence-electron chi connectivity index (χ3n) is 6.76. The van der Waals surface area contributed by atoms with Gasteiger partial charge in [0.2, 0.25) is 0 Å². The van der Waals surface area contributed by atoms with Crippen LogP contribution in [0.1, 0.15) is 58.1 Å². The van der Waals surface area contributed by atoms with Gasteiger partial charge in [-0.25, -0.2) is 8.42 Å². The van der Waals surface area contributed by atoms with Crippen molar-refractivity contribution < 1.29 is 8.42 Å². The number of hydrogen-bond donors (Lipinski definition) is 0. The Kier molecular flexibility index (Phi) is 5.56. The lowest BCUT2D eigenvalue weighted by molar-refractivity contribution is 0.249. The molecular formula is C22H35NO2S. The monoisotopic (exact) mass is 377 g/mol. The Labute approximate surface area is 160 Å². The zero-order chi connectivity index (χ0) is 19.0. The first-order valence-corrected chi connectivity index (χ1v) is 12.0. The summed E-state index contributed by atoms with van der Waals surface area (Å²) in [6.45, 7) is 12.3. The molecule has 1 aromatic rings. The summed E-state index contributed by atoms with van der Waals surface area (Å²) in [7, 11) is -2.78. The molecule has 0 bridgehead atoms. The lowest BCUT2D eigenvalue weighted by atomic mass is 9.82. The largest absolute Gasteiger partial charge is 0.302 e. The number of likely N-dealkylation sites (tertiary alicyclic amines) is 1. The third kappa shape index (κ3) is 4.51. The molecule has 2 atom stereocenters. The van der Waals surface area contributed by atoms with E-state index in [9.17, 15) is 8.42 Å². The van der Waals surface area contributed by atoms with Gasteiger partial charge in [0.25, 0.3) is 0 Å². The summed E-state index contributed by atoms with van der Waals surface area (Å²) >= 11 is 0. The van der Waals surface area contributed by atoms with E-state index >= 15 is 0 Å². The molecule has 3 nitrogen and oxygen atoms in total. The van der Waals surface area contributed by atoms with E-state index in [1.807, 2.05) is 0 Å². The fourth-order valence-electron chi connectivity index (χ4n) is 4.69. The van der Waals surface area contributed by atoms with Gasteiger partial charge >= 0.3 is 0 Å². The zero-order valence-corrected chi connectivity index (χ0v) is 17.7. The molecule has 0 saturated carbocycles. The lowest BCUT2D eigenvalue weighted by Gasteiger charge is -2.25. The van der Waals surface area contributed by atoms with E-state index in [2.05, 4.69) is 56.9 Å². The Morgan fingerprint density at radius 1 is 1.19 bits per heavy atom. The number of rotatable bonds is 6. The maximum Gasteiger partial charge on any atom is 0.150 e. The van der Waals surface area contributed by atoms with Crippen molar-refractivity contribution in [2.24, 2.45) is 11.3 Å². The summed E-state index contributed by atoms with van der Waals surface area (Å²) in [6.07, 6.45) is 4.17. The van der Waals surface area contributed by atoms with E-state index in [0.29, 0.717) is 17.4 Å². The van der Waals surface area contributed by atoms with Gasteiger partial charge < -0.3 is 4.90 Å². The Bertz CT molecular complexity index is 723. The molecule has 2 aliphatic heterocycles. The van der Waals surface area contributed by atoms with Gasteiger partial charge in [0.05, 0.1) is 11.5 Å². The van der Waals surface area contributed by atoms with Gasteiger partial charge in [0, 0.05) is 13.1 Å². The standard InChI is InChI=1S/C22H35NO2S/c1-5-21(3,4)20-8-6-19(7-9-20)14-18(2)15-23-12-10-22(16-23)11-13-26(24,25)17-22/h6-9,18H,5,10-17H2,1-4H3/t18?,22-/m0/s1. The van der Waals surface area contributed by atoms with Crippen LogP contribution in [0.25, 0.3) is 0 Å². The first-order chi connectivity index (χ1) is 12.1. The van der Waals surface area contributed by atoms with Gasteiger partial charge in [0.1, 0.15) is 0 Å². The number of benzene rings is 1. The van der Waals surface area contributed by atoms with Crippen LogP contribution in [0.2, 0.25) is 0 Å². The van der Waals surface area contributed by atoms with Crippen molar-refractivity contribution in [3.05, 3.63) is 35.4 Å². The van der Waals surface area contributed by atoms with Gasteiger partial charge in [-0.1, -0.05) is 52.0 Å². The molecule has 0 aliphatic carbocycles. The maximum atomic E-state index is 11.9. The molecule has 0 amide bonds. The Morgan fingerprint density at radius 2 is 1.88 bits per heavy atom. The van der Waals surface area contributed by atoms with Gasteiger partial charge in [0.15, 0.2) is 9.84 Å². The molecule has 2 aliphatic rings. The van der Waals surface area contributed by atoms with Crippen molar-refractivity contribution >= 4 is 9.84 Å². The quantitative estimate of drug-likeness (QED) is 0.750. The van der Waals surface area contributed by atoms with Crippen LogP contribution >= 0.6 is 0 Å². The molecular weight excluding hydrogens is 342 g/mol. The highest BCUT2D eigenvalue weighted by Crippen LogP contribution is 2.41. The van der Waals surface area contributed by atoms with Crippen molar-refractivity contribution in [2.45, 2.75) is 58.8 Å². The van der Waals surface area contributed by atoms with Crippen molar-refractivity contribution in [3.8, 4) is 0 Å².